The van der Waals surface area contributed by atoms with Crippen LogP contribution in [0.15, 0.2) is 40.3 Å². The fourth-order valence-electron chi connectivity index (χ4n) is 7.44. The first kappa shape index (κ1) is 55.1. The van der Waals surface area contributed by atoms with Gasteiger partial charge in [-0.15, -0.1) is 0 Å². The number of rotatable bonds is 28. The van der Waals surface area contributed by atoms with E-state index in [1.54, 1.807) is 30.3 Å². The Hall–Kier alpha value is -5.99. The van der Waals surface area contributed by atoms with Crippen molar-refractivity contribution in [3.8, 4) is 0 Å². The van der Waals surface area contributed by atoms with Gasteiger partial charge in [-0.2, -0.15) is 0 Å². The lowest BCUT2D eigenvalue weighted by Gasteiger charge is -2.31. The summed E-state index contributed by atoms with van der Waals surface area (Å²) in [7, 11) is 0. The predicted octanol–water partition coefficient (Wildman–Crippen LogP) is -0.699. The molecule has 1 saturated heterocycles. The Labute approximate surface area is 382 Å². The second kappa shape index (κ2) is 28.0. The van der Waals surface area contributed by atoms with E-state index in [1.807, 2.05) is 41.5 Å². The number of aliphatic carboxylic acids is 1. The molecule has 1 heterocycles. The first-order valence-electron chi connectivity index (χ1n) is 22.5. The molecule has 65 heavy (non-hydrogen) atoms. The first-order chi connectivity index (χ1) is 30.6. The Balaban J connectivity index is 2.40. The third-order valence-corrected chi connectivity index (χ3v) is 10.6. The Morgan fingerprint density at radius 1 is 0.631 bits per heavy atom. The van der Waals surface area contributed by atoms with Crippen LogP contribution in [0.4, 0.5) is 0 Å². The standard InChI is InChI=1S/C44H75N13O8/c1-25(2)21-31(38(60)53-32(22-26(3)4)39(61)56-34(23-27(5)6)41(63)57-20-12-17-35(57)42(64)65)54-40(62)33(24-28-13-8-7-9-14-28)55-37(59)30(16-11-19-51-44(48)49)52-36(58)29(45)15-10-18-50-43(46)47/h7-9,13-14,25-27,29-35H,10-12,15-24,45H2,1-6H3,(H,52,58)(H,53,60)(H,54,62)(H,55,59)(H,56,61)(H,64,65)(H4,46,47,50)(H4,48,49,51)/t29-,30-,31-,32-,33-,34-,35-/m0/s1. The van der Waals surface area contributed by atoms with Gasteiger partial charge in [-0.3, -0.25) is 38.8 Å². The van der Waals surface area contributed by atoms with Crippen molar-refractivity contribution in [1.29, 1.82) is 0 Å². The fraction of sp³-hybridized carbons (Fsp3) is 0.659. The van der Waals surface area contributed by atoms with Crippen LogP contribution in [0.1, 0.15) is 105 Å². The highest BCUT2D eigenvalue weighted by molar-refractivity contribution is 5.97. The van der Waals surface area contributed by atoms with Gasteiger partial charge >= 0.3 is 5.97 Å². The summed E-state index contributed by atoms with van der Waals surface area (Å²) >= 11 is 0. The van der Waals surface area contributed by atoms with Gasteiger partial charge in [0.25, 0.3) is 0 Å². The van der Waals surface area contributed by atoms with Gasteiger partial charge < -0.3 is 65.3 Å². The molecular formula is C44H75N13O8. The molecule has 1 aliphatic rings. The summed E-state index contributed by atoms with van der Waals surface area (Å²) in [6.45, 7) is 11.9. The van der Waals surface area contributed by atoms with Crippen LogP contribution in [-0.2, 0) is 40.0 Å². The molecule has 0 saturated carbocycles. The van der Waals surface area contributed by atoms with Crippen LogP contribution in [0.25, 0.3) is 0 Å². The number of hydrogen-bond acceptors (Lipinski definition) is 10. The smallest absolute Gasteiger partial charge is 0.326 e. The molecule has 0 spiro atoms. The molecule has 2 rings (SSSR count). The topological polar surface area (TPSA) is 358 Å². The number of guanidine groups is 2. The predicted molar refractivity (Wildman–Crippen MR) is 248 cm³/mol. The average Bonchev–Trinajstić information content (AvgIpc) is 3.72. The van der Waals surface area contributed by atoms with E-state index in [1.165, 1.54) is 4.90 Å². The van der Waals surface area contributed by atoms with Crippen LogP contribution in [0.3, 0.4) is 0 Å². The molecule has 1 fully saturated rings. The van der Waals surface area contributed by atoms with E-state index < -0.39 is 83.7 Å². The molecule has 21 heteroatoms. The molecule has 0 radical (unpaired) electrons. The molecule has 0 aliphatic carbocycles. The van der Waals surface area contributed by atoms with E-state index in [0.29, 0.717) is 24.8 Å². The van der Waals surface area contributed by atoms with Crippen LogP contribution in [0.5, 0.6) is 0 Å². The highest BCUT2D eigenvalue weighted by Crippen LogP contribution is 2.21. The molecule has 7 atom stereocenters. The molecule has 21 nitrogen and oxygen atoms in total. The molecule has 0 unspecified atom stereocenters. The zero-order chi connectivity index (χ0) is 48.8. The molecule has 6 amide bonds. The summed E-state index contributed by atoms with van der Waals surface area (Å²) in [5.41, 5.74) is 28.6. The number of nitrogens with two attached hydrogens (primary N) is 5. The molecule has 1 aliphatic heterocycles. The van der Waals surface area contributed by atoms with Crippen molar-refractivity contribution < 1.29 is 38.7 Å². The van der Waals surface area contributed by atoms with Gasteiger partial charge in [-0.05, 0) is 81.1 Å². The largest absolute Gasteiger partial charge is 0.480 e. The van der Waals surface area contributed by atoms with Crippen LogP contribution < -0.4 is 55.3 Å². The Morgan fingerprint density at radius 2 is 1.06 bits per heavy atom. The molecule has 1 aromatic carbocycles. The van der Waals surface area contributed by atoms with Crippen molar-refractivity contribution in [1.82, 2.24) is 31.5 Å². The maximum absolute atomic E-state index is 14.3. The van der Waals surface area contributed by atoms with Crippen molar-refractivity contribution >= 4 is 53.3 Å². The Morgan fingerprint density at radius 3 is 1.55 bits per heavy atom. The van der Waals surface area contributed by atoms with E-state index in [9.17, 15) is 38.7 Å². The maximum Gasteiger partial charge on any atom is 0.326 e. The minimum Gasteiger partial charge on any atom is -0.480 e. The SMILES string of the molecule is CC(C)C[C@H](NC(=O)[C@H](Cc1ccccc1)NC(=O)[C@H](CCCN=C(N)N)NC(=O)[C@@H](N)CCCN=C(N)N)C(=O)N[C@@H](CC(C)C)C(=O)N[C@@H](CC(C)C)C(=O)N1CCC[C@H]1C(=O)O. The summed E-state index contributed by atoms with van der Waals surface area (Å²) in [6.07, 6.45) is 2.39. The molecule has 364 valence electrons. The Bertz CT molecular complexity index is 1780. The van der Waals surface area contributed by atoms with Gasteiger partial charge in [-0.25, -0.2) is 4.79 Å². The second-order valence-electron chi connectivity index (χ2n) is 17.9. The van der Waals surface area contributed by atoms with Crippen LogP contribution in [-0.4, -0.2) is 125 Å². The summed E-state index contributed by atoms with van der Waals surface area (Å²) in [4.78, 5) is 105. The number of carbonyl (C=O) groups excluding carboxylic acids is 6. The normalized spacial score (nSPS) is 16.3. The van der Waals surface area contributed by atoms with Gasteiger partial charge in [0.1, 0.15) is 36.3 Å². The van der Waals surface area contributed by atoms with Crippen LogP contribution >= 0.6 is 0 Å². The number of benzene rings is 1. The Kier molecular flexibility index (Phi) is 23.8. The van der Waals surface area contributed by atoms with E-state index >= 15 is 0 Å². The summed E-state index contributed by atoms with van der Waals surface area (Å²) in [6, 6.07) is 1.18. The third kappa shape index (κ3) is 20.6. The maximum atomic E-state index is 14.3. The van der Waals surface area contributed by atoms with Crippen molar-refractivity contribution in [3.63, 3.8) is 0 Å². The van der Waals surface area contributed by atoms with E-state index in [-0.39, 0.29) is 94.3 Å². The minimum absolute atomic E-state index is 0.0107. The van der Waals surface area contributed by atoms with Crippen LogP contribution in [0, 0.1) is 17.8 Å². The molecule has 1 aromatic rings. The summed E-state index contributed by atoms with van der Waals surface area (Å²) in [5.74, 6) is -5.38. The summed E-state index contributed by atoms with van der Waals surface area (Å²) < 4.78 is 0. The van der Waals surface area contributed by atoms with Crippen molar-refractivity contribution in [3.05, 3.63) is 35.9 Å². The minimum atomic E-state index is -1.24. The molecular weight excluding hydrogens is 839 g/mol. The van der Waals surface area contributed by atoms with Crippen LogP contribution in [0.2, 0.25) is 0 Å². The lowest BCUT2D eigenvalue weighted by molar-refractivity contribution is -0.149. The highest BCUT2D eigenvalue weighted by atomic mass is 16.4. The van der Waals surface area contributed by atoms with E-state index in [2.05, 4.69) is 36.6 Å². The van der Waals surface area contributed by atoms with Crippen molar-refractivity contribution in [2.24, 2.45) is 56.4 Å². The number of carboxylic acid groups (broad SMARTS) is 1. The zero-order valence-electron chi connectivity index (χ0n) is 38.9. The number of amides is 6. The van der Waals surface area contributed by atoms with Crippen molar-refractivity contribution in [2.45, 2.75) is 148 Å². The van der Waals surface area contributed by atoms with E-state index in [0.717, 1.165) is 0 Å². The van der Waals surface area contributed by atoms with Gasteiger partial charge in [0.05, 0.1) is 6.04 Å². The number of nitrogens with one attached hydrogen (secondary N) is 5. The number of carboxylic acids is 1. The number of carbonyl (C=O) groups is 7. The first-order valence-corrected chi connectivity index (χ1v) is 22.5. The number of nitrogens with zero attached hydrogens (tertiary/aromatic N) is 3. The monoisotopic (exact) mass is 914 g/mol. The average molecular weight is 914 g/mol. The fourth-order valence-corrected chi connectivity index (χ4v) is 7.44. The lowest BCUT2D eigenvalue weighted by Crippen LogP contribution is -2.60. The summed E-state index contributed by atoms with van der Waals surface area (Å²) in [5, 5.41) is 23.7. The van der Waals surface area contributed by atoms with Gasteiger partial charge in [-0.1, -0.05) is 71.9 Å². The number of aliphatic imine (C=N–C) groups is 2. The van der Waals surface area contributed by atoms with Crippen molar-refractivity contribution in [2.75, 3.05) is 19.6 Å². The van der Waals surface area contributed by atoms with E-state index in [4.69, 9.17) is 28.7 Å². The zero-order valence-corrected chi connectivity index (χ0v) is 38.9. The number of hydrogen-bond donors (Lipinski definition) is 11. The molecule has 16 N–H and O–H groups in total. The number of likely N-dealkylation sites (tertiary alicyclic amines) is 1. The highest BCUT2D eigenvalue weighted by Gasteiger charge is 2.39. The molecule has 0 bridgehead atoms. The molecule has 0 aromatic heterocycles. The van der Waals surface area contributed by atoms with Gasteiger partial charge in [0.15, 0.2) is 11.9 Å². The van der Waals surface area contributed by atoms with Gasteiger partial charge in [0, 0.05) is 26.1 Å². The lowest BCUT2D eigenvalue weighted by atomic mass is 9.98. The second-order valence-corrected chi connectivity index (χ2v) is 17.9. The van der Waals surface area contributed by atoms with Gasteiger partial charge in [0.2, 0.25) is 35.4 Å². The third-order valence-electron chi connectivity index (χ3n) is 10.6. The quantitative estimate of drug-likeness (QED) is 0.0282.